The molecule has 1 saturated carbocycles. The van der Waals surface area contributed by atoms with Crippen molar-refractivity contribution in [3.63, 3.8) is 0 Å². The summed E-state index contributed by atoms with van der Waals surface area (Å²) in [5.41, 5.74) is 3.56. The average molecular weight is 400 g/mol. The zero-order valence-electron chi connectivity index (χ0n) is 18.5. The van der Waals surface area contributed by atoms with E-state index in [1.807, 2.05) is 20.8 Å². The Hall–Kier alpha value is -2.04. The second-order valence-electron chi connectivity index (χ2n) is 9.88. The summed E-state index contributed by atoms with van der Waals surface area (Å²) >= 11 is 0. The molecule has 0 bridgehead atoms. The van der Waals surface area contributed by atoms with Crippen LogP contribution in [0.25, 0.3) is 0 Å². The van der Waals surface area contributed by atoms with Gasteiger partial charge in [0.2, 0.25) is 11.8 Å². The van der Waals surface area contributed by atoms with Gasteiger partial charge < -0.3 is 15.5 Å². The van der Waals surface area contributed by atoms with Crippen LogP contribution in [0.4, 0.5) is 5.69 Å². The van der Waals surface area contributed by atoms with E-state index in [-0.39, 0.29) is 23.1 Å². The van der Waals surface area contributed by atoms with Crippen molar-refractivity contribution in [2.24, 2.45) is 17.3 Å². The Morgan fingerprint density at radius 2 is 1.83 bits per heavy atom. The molecule has 1 fully saturated rings. The Balaban J connectivity index is 1.42. The largest absolute Gasteiger partial charge is 0.374 e. The van der Waals surface area contributed by atoms with Crippen molar-refractivity contribution in [3.05, 3.63) is 29.3 Å². The molecule has 0 spiro atoms. The highest BCUT2D eigenvalue weighted by atomic mass is 16.2. The van der Waals surface area contributed by atoms with Crippen molar-refractivity contribution in [3.8, 4) is 0 Å². The number of fused-ring (bicyclic) bond motifs is 1. The summed E-state index contributed by atoms with van der Waals surface area (Å²) in [4.78, 5) is 27.0. The predicted molar refractivity (Wildman–Crippen MR) is 118 cm³/mol. The molecule has 1 aliphatic heterocycles. The molecule has 1 aliphatic carbocycles. The molecule has 0 aromatic heterocycles. The summed E-state index contributed by atoms with van der Waals surface area (Å²) in [6.45, 7) is 8.26. The number of amides is 2. The van der Waals surface area contributed by atoms with Crippen molar-refractivity contribution in [2.45, 2.75) is 65.8 Å². The van der Waals surface area contributed by atoms with Crippen LogP contribution in [-0.2, 0) is 22.6 Å². The van der Waals surface area contributed by atoms with E-state index in [0.29, 0.717) is 12.5 Å². The zero-order valence-corrected chi connectivity index (χ0v) is 18.5. The minimum atomic E-state index is -0.344. The fourth-order valence-electron chi connectivity index (χ4n) is 4.41. The SMILES string of the molecule is CN1CCCc2cc(CNC(=O)C3CCC(CNC(=O)C(C)(C)C)CC3)ccc21. The predicted octanol–water partition coefficient (Wildman–Crippen LogP) is 3.65. The third kappa shape index (κ3) is 5.74. The molecule has 5 heteroatoms. The number of hydrogen-bond donors (Lipinski definition) is 2. The number of benzene rings is 1. The lowest BCUT2D eigenvalue weighted by Crippen LogP contribution is -2.39. The number of nitrogens with one attached hydrogen (secondary N) is 2. The smallest absolute Gasteiger partial charge is 0.225 e. The summed E-state index contributed by atoms with van der Waals surface area (Å²) in [5, 5.41) is 6.22. The molecule has 2 amide bonds. The lowest BCUT2D eigenvalue weighted by atomic mass is 9.81. The van der Waals surface area contributed by atoms with Crippen molar-refractivity contribution < 1.29 is 9.59 Å². The maximum Gasteiger partial charge on any atom is 0.225 e. The van der Waals surface area contributed by atoms with Crippen LogP contribution >= 0.6 is 0 Å². The Morgan fingerprint density at radius 3 is 2.52 bits per heavy atom. The Morgan fingerprint density at radius 1 is 1.10 bits per heavy atom. The van der Waals surface area contributed by atoms with Crippen LogP contribution in [0.2, 0.25) is 0 Å². The summed E-state index contributed by atoms with van der Waals surface area (Å²) < 4.78 is 0. The van der Waals surface area contributed by atoms with Gasteiger partial charge in [-0.1, -0.05) is 32.9 Å². The number of rotatable bonds is 5. The molecule has 5 nitrogen and oxygen atoms in total. The highest BCUT2D eigenvalue weighted by Gasteiger charge is 2.28. The highest BCUT2D eigenvalue weighted by Crippen LogP contribution is 2.29. The summed E-state index contributed by atoms with van der Waals surface area (Å²) in [5.74, 6) is 0.877. The standard InChI is InChI=1S/C24H37N3O2/c1-24(2,3)23(29)26-15-17-7-10-19(11-8-17)22(28)25-16-18-9-12-21-20(14-18)6-5-13-27(21)4/h9,12,14,17,19H,5-8,10-11,13,15-16H2,1-4H3,(H,25,28)(H,26,29). The third-order valence-corrected chi connectivity index (χ3v) is 6.41. The Labute approximate surface area is 175 Å². The number of aryl methyl sites for hydroxylation is 1. The van der Waals surface area contributed by atoms with Gasteiger partial charge in [0.1, 0.15) is 0 Å². The van der Waals surface area contributed by atoms with Gasteiger partial charge in [-0.2, -0.15) is 0 Å². The average Bonchev–Trinajstić information content (AvgIpc) is 2.70. The first kappa shape index (κ1) is 21.7. The monoisotopic (exact) mass is 399 g/mol. The minimum absolute atomic E-state index is 0.105. The molecule has 0 atom stereocenters. The number of carbonyl (C=O) groups is 2. The lowest BCUT2D eigenvalue weighted by Gasteiger charge is -2.29. The molecule has 0 saturated heterocycles. The quantitative estimate of drug-likeness (QED) is 0.794. The molecule has 3 rings (SSSR count). The molecule has 0 unspecified atom stereocenters. The van der Waals surface area contributed by atoms with Crippen molar-refractivity contribution in [2.75, 3.05) is 25.0 Å². The third-order valence-electron chi connectivity index (χ3n) is 6.41. The van der Waals surface area contributed by atoms with E-state index in [2.05, 4.69) is 40.8 Å². The summed E-state index contributed by atoms with van der Waals surface area (Å²) in [6, 6.07) is 6.57. The van der Waals surface area contributed by atoms with Gasteiger partial charge in [-0.15, -0.1) is 0 Å². The van der Waals surface area contributed by atoms with Gasteiger partial charge in [-0.3, -0.25) is 9.59 Å². The van der Waals surface area contributed by atoms with Crippen molar-refractivity contribution >= 4 is 17.5 Å². The topological polar surface area (TPSA) is 61.4 Å². The maximum atomic E-state index is 12.6. The fraction of sp³-hybridized carbons (Fsp3) is 0.667. The van der Waals surface area contributed by atoms with E-state index in [1.165, 1.54) is 23.2 Å². The second kappa shape index (κ2) is 9.19. The first-order valence-corrected chi connectivity index (χ1v) is 11.1. The minimum Gasteiger partial charge on any atom is -0.374 e. The maximum absolute atomic E-state index is 12.6. The summed E-state index contributed by atoms with van der Waals surface area (Å²) in [7, 11) is 2.14. The Kier molecular flexibility index (Phi) is 6.86. The molecule has 160 valence electrons. The van der Waals surface area contributed by atoms with Gasteiger partial charge in [0.15, 0.2) is 0 Å². The van der Waals surface area contributed by atoms with E-state index >= 15 is 0 Å². The molecule has 0 radical (unpaired) electrons. The first-order valence-electron chi connectivity index (χ1n) is 11.1. The van der Waals surface area contributed by atoms with E-state index in [9.17, 15) is 9.59 Å². The van der Waals surface area contributed by atoms with E-state index < -0.39 is 0 Å². The molecule has 2 aliphatic rings. The van der Waals surface area contributed by atoms with Crippen LogP contribution < -0.4 is 15.5 Å². The van der Waals surface area contributed by atoms with Gasteiger partial charge in [-0.25, -0.2) is 0 Å². The molecular weight excluding hydrogens is 362 g/mol. The van der Waals surface area contributed by atoms with Gasteiger partial charge in [0, 0.05) is 43.7 Å². The number of nitrogens with zero attached hydrogens (tertiary/aromatic N) is 1. The number of carbonyl (C=O) groups excluding carboxylic acids is 2. The lowest BCUT2D eigenvalue weighted by molar-refractivity contribution is -0.129. The molecule has 1 heterocycles. The van der Waals surface area contributed by atoms with Gasteiger partial charge in [0.25, 0.3) is 0 Å². The molecule has 2 N–H and O–H groups in total. The van der Waals surface area contributed by atoms with E-state index in [1.54, 1.807) is 0 Å². The van der Waals surface area contributed by atoms with Gasteiger partial charge in [-0.05, 0) is 61.6 Å². The van der Waals surface area contributed by atoms with E-state index in [4.69, 9.17) is 0 Å². The van der Waals surface area contributed by atoms with Gasteiger partial charge in [0.05, 0.1) is 0 Å². The van der Waals surface area contributed by atoms with Crippen LogP contribution in [0, 0.1) is 17.3 Å². The van der Waals surface area contributed by atoms with Gasteiger partial charge >= 0.3 is 0 Å². The van der Waals surface area contributed by atoms with Crippen LogP contribution in [-0.4, -0.2) is 32.0 Å². The molecule has 1 aromatic carbocycles. The van der Waals surface area contributed by atoms with Crippen LogP contribution in [0.1, 0.15) is 64.0 Å². The molecular formula is C24H37N3O2. The summed E-state index contributed by atoms with van der Waals surface area (Å²) in [6.07, 6.45) is 6.16. The van der Waals surface area contributed by atoms with Crippen LogP contribution in [0.3, 0.4) is 0 Å². The first-order chi connectivity index (χ1) is 13.7. The normalized spacial score (nSPS) is 22.0. The van der Waals surface area contributed by atoms with E-state index in [0.717, 1.165) is 45.2 Å². The number of anilines is 1. The fourth-order valence-corrected chi connectivity index (χ4v) is 4.41. The van der Waals surface area contributed by atoms with Crippen molar-refractivity contribution in [1.29, 1.82) is 0 Å². The van der Waals surface area contributed by atoms with Crippen molar-refractivity contribution in [1.82, 2.24) is 10.6 Å². The molecule has 29 heavy (non-hydrogen) atoms. The highest BCUT2D eigenvalue weighted by molar-refractivity contribution is 5.81. The van der Waals surface area contributed by atoms with Crippen LogP contribution in [0.5, 0.6) is 0 Å². The Bertz CT molecular complexity index is 730. The second-order valence-corrected chi connectivity index (χ2v) is 9.88. The molecule has 1 aromatic rings. The van der Waals surface area contributed by atoms with Crippen LogP contribution in [0.15, 0.2) is 18.2 Å². The number of hydrogen-bond acceptors (Lipinski definition) is 3. The zero-order chi connectivity index (χ0) is 21.0.